The summed E-state index contributed by atoms with van der Waals surface area (Å²) in [6.45, 7) is 8.10. The molecule has 6 nitrogen and oxygen atoms in total. The zero-order valence-electron chi connectivity index (χ0n) is 13.7. The standard InChI is InChI=1S/C10H10N2O.C7H12O3/c1-7-3-5-9(6-4-7)10-12-11-8(2)13-10;1-3-7(8)10-6-4-5-9-2/h3-6H,1-2H3;3H,1,4-6H2,2H3. The van der Waals surface area contributed by atoms with Crippen molar-refractivity contribution in [2.24, 2.45) is 0 Å². The molecule has 1 aromatic carbocycles. The van der Waals surface area contributed by atoms with Crippen LogP contribution in [0.2, 0.25) is 0 Å². The predicted molar refractivity (Wildman–Crippen MR) is 86.9 cm³/mol. The number of carbonyl (C=O) groups is 1. The van der Waals surface area contributed by atoms with Gasteiger partial charge in [-0.1, -0.05) is 24.3 Å². The topological polar surface area (TPSA) is 74.5 Å². The van der Waals surface area contributed by atoms with E-state index in [2.05, 4.69) is 21.5 Å². The van der Waals surface area contributed by atoms with Crippen molar-refractivity contribution in [3.8, 4) is 11.5 Å². The Labute approximate surface area is 136 Å². The summed E-state index contributed by atoms with van der Waals surface area (Å²) in [6.07, 6.45) is 1.88. The van der Waals surface area contributed by atoms with Gasteiger partial charge in [0, 0.05) is 38.7 Å². The molecule has 0 spiro atoms. The lowest BCUT2D eigenvalue weighted by Gasteiger charge is -1.99. The summed E-state index contributed by atoms with van der Waals surface area (Å²) in [7, 11) is 1.61. The van der Waals surface area contributed by atoms with Crippen LogP contribution in [0.25, 0.3) is 11.5 Å². The maximum absolute atomic E-state index is 10.4. The van der Waals surface area contributed by atoms with E-state index in [-0.39, 0.29) is 5.97 Å². The first-order chi connectivity index (χ1) is 11.1. The molecule has 0 aliphatic rings. The van der Waals surface area contributed by atoms with E-state index in [1.54, 1.807) is 14.0 Å². The van der Waals surface area contributed by atoms with E-state index in [4.69, 9.17) is 9.15 Å². The molecular weight excluding hydrogens is 296 g/mol. The molecule has 0 bridgehead atoms. The molecule has 0 N–H and O–H groups in total. The van der Waals surface area contributed by atoms with E-state index < -0.39 is 0 Å². The van der Waals surface area contributed by atoms with Gasteiger partial charge in [-0.25, -0.2) is 4.79 Å². The van der Waals surface area contributed by atoms with E-state index in [1.807, 2.05) is 31.2 Å². The van der Waals surface area contributed by atoms with Crippen LogP contribution in [0.15, 0.2) is 41.3 Å². The van der Waals surface area contributed by atoms with Gasteiger partial charge in [0.2, 0.25) is 11.8 Å². The number of rotatable bonds is 6. The van der Waals surface area contributed by atoms with Crippen LogP contribution in [0.4, 0.5) is 0 Å². The van der Waals surface area contributed by atoms with E-state index in [0.29, 0.717) is 25.0 Å². The zero-order valence-corrected chi connectivity index (χ0v) is 13.7. The lowest BCUT2D eigenvalue weighted by atomic mass is 10.1. The number of nitrogens with zero attached hydrogens (tertiary/aromatic N) is 2. The monoisotopic (exact) mass is 318 g/mol. The van der Waals surface area contributed by atoms with Crippen LogP contribution in [0.3, 0.4) is 0 Å². The number of aryl methyl sites for hydroxylation is 2. The molecule has 23 heavy (non-hydrogen) atoms. The van der Waals surface area contributed by atoms with Gasteiger partial charge >= 0.3 is 5.97 Å². The molecule has 0 fully saturated rings. The van der Waals surface area contributed by atoms with Crippen molar-refractivity contribution in [2.45, 2.75) is 20.3 Å². The predicted octanol–water partition coefficient (Wildman–Crippen LogP) is 3.11. The van der Waals surface area contributed by atoms with Crippen LogP contribution in [-0.2, 0) is 14.3 Å². The molecule has 2 aromatic rings. The summed E-state index contributed by atoms with van der Waals surface area (Å²) in [4.78, 5) is 10.4. The quantitative estimate of drug-likeness (QED) is 0.463. The minimum Gasteiger partial charge on any atom is -0.462 e. The molecule has 0 aliphatic heterocycles. The van der Waals surface area contributed by atoms with E-state index in [9.17, 15) is 4.79 Å². The Bertz CT molecular complexity index is 605. The average molecular weight is 318 g/mol. The zero-order chi connectivity index (χ0) is 17.1. The van der Waals surface area contributed by atoms with Crippen LogP contribution in [0.5, 0.6) is 0 Å². The smallest absolute Gasteiger partial charge is 0.330 e. The first-order valence-electron chi connectivity index (χ1n) is 7.22. The fourth-order valence-electron chi connectivity index (χ4n) is 1.54. The molecule has 0 unspecified atom stereocenters. The second-order valence-electron chi connectivity index (χ2n) is 4.71. The molecule has 2 rings (SSSR count). The molecule has 0 aliphatic carbocycles. The maximum Gasteiger partial charge on any atom is 0.330 e. The summed E-state index contributed by atoms with van der Waals surface area (Å²) >= 11 is 0. The summed E-state index contributed by atoms with van der Waals surface area (Å²) in [5.74, 6) is 0.796. The molecular formula is C17H22N2O4. The van der Waals surface area contributed by atoms with Crippen LogP contribution in [0.1, 0.15) is 17.9 Å². The van der Waals surface area contributed by atoms with Crippen LogP contribution >= 0.6 is 0 Å². The van der Waals surface area contributed by atoms with Gasteiger partial charge in [0.05, 0.1) is 6.61 Å². The summed E-state index contributed by atoms with van der Waals surface area (Å²) in [5.41, 5.74) is 2.19. The molecule has 1 aromatic heterocycles. The van der Waals surface area contributed by atoms with Crippen molar-refractivity contribution >= 4 is 5.97 Å². The van der Waals surface area contributed by atoms with Crippen molar-refractivity contribution in [1.29, 1.82) is 0 Å². The molecule has 1 heterocycles. The minimum atomic E-state index is -0.379. The lowest BCUT2D eigenvalue weighted by Crippen LogP contribution is -2.03. The summed E-state index contributed by atoms with van der Waals surface area (Å²) < 4.78 is 14.7. The number of carbonyl (C=O) groups excluding carboxylic acids is 1. The highest BCUT2D eigenvalue weighted by atomic mass is 16.5. The van der Waals surface area contributed by atoms with Gasteiger partial charge in [-0.15, -0.1) is 10.2 Å². The number of esters is 1. The Balaban J connectivity index is 0.000000241. The maximum atomic E-state index is 10.4. The lowest BCUT2D eigenvalue weighted by molar-refractivity contribution is -0.138. The van der Waals surface area contributed by atoms with Crippen LogP contribution < -0.4 is 0 Å². The van der Waals surface area contributed by atoms with E-state index in [0.717, 1.165) is 18.1 Å². The fraction of sp³-hybridized carbons (Fsp3) is 0.353. The Kier molecular flexibility index (Phi) is 8.31. The highest BCUT2D eigenvalue weighted by Crippen LogP contribution is 2.17. The Morgan fingerprint density at radius 1 is 1.22 bits per heavy atom. The number of hydrogen-bond acceptors (Lipinski definition) is 6. The molecule has 0 radical (unpaired) electrons. The third-order valence-corrected chi connectivity index (χ3v) is 2.73. The molecule has 0 saturated heterocycles. The third-order valence-electron chi connectivity index (χ3n) is 2.73. The van der Waals surface area contributed by atoms with Gasteiger partial charge in [0.25, 0.3) is 0 Å². The SMILES string of the molecule is C=CC(=O)OCCCOC.Cc1ccc(-c2nnc(C)o2)cc1. The number of hydrogen-bond donors (Lipinski definition) is 0. The number of aromatic nitrogens is 2. The molecule has 6 heteroatoms. The van der Waals surface area contributed by atoms with Gasteiger partial charge in [0.1, 0.15) is 0 Å². The second kappa shape index (κ2) is 10.3. The fourth-order valence-corrected chi connectivity index (χ4v) is 1.54. The second-order valence-corrected chi connectivity index (χ2v) is 4.71. The summed E-state index contributed by atoms with van der Waals surface area (Å²) in [6, 6.07) is 7.99. The molecule has 0 atom stereocenters. The van der Waals surface area contributed by atoms with Gasteiger partial charge in [-0.05, 0) is 19.1 Å². The number of benzene rings is 1. The highest BCUT2D eigenvalue weighted by molar-refractivity contribution is 5.81. The van der Waals surface area contributed by atoms with Crippen molar-refractivity contribution in [2.75, 3.05) is 20.3 Å². The highest BCUT2D eigenvalue weighted by Gasteiger charge is 2.03. The van der Waals surface area contributed by atoms with Crippen molar-refractivity contribution in [1.82, 2.24) is 10.2 Å². The van der Waals surface area contributed by atoms with E-state index >= 15 is 0 Å². The third kappa shape index (κ3) is 7.37. The Hall–Kier alpha value is -2.47. The van der Waals surface area contributed by atoms with Crippen LogP contribution in [-0.4, -0.2) is 36.5 Å². The summed E-state index contributed by atoms with van der Waals surface area (Å²) in [5, 5.41) is 7.70. The van der Waals surface area contributed by atoms with Crippen molar-refractivity contribution in [3.63, 3.8) is 0 Å². The number of ether oxygens (including phenoxy) is 2. The Morgan fingerprint density at radius 2 is 1.91 bits per heavy atom. The molecule has 124 valence electrons. The van der Waals surface area contributed by atoms with Crippen molar-refractivity contribution in [3.05, 3.63) is 48.4 Å². The normalized spacial score (nSPS) is 9.70. The molecule has 0 saturated carbocycles. The van der Waals surface area contributed by atoms with Gasteiger partial charge in [0.15, 0.2) is 0 Å². The van der Waals surface area contributed by atoms with Crippen molar-refractivity contribution < 1.29 is 18.7 Å². The van der Waals surface area contributed by atoms with Gasteiger partial charge < -0.3 is 13.9 Å². The van der Waals surface area contributed by atoms with E-state index in [1.165, 1.54) is 5.56 Å². The van der Waals surface area contributed by atoms with Crippen LogP contribution in [0, 0.1) is 13.8 Å². The average Bonchev–Trinajstić information content (AvgIpc) is 2.99. The first-order valence-corrected chi connectivity index (χ1v) is 7.22. The number of methoxy groups -OCH3 is 1. The Morgan fingerprint density at radius 3 is 2.43 bits per heavy atom. The van der Waals surface area contributed by atoms with Gasteiger partial charge in [-0.3, -0.25) is 0 Å². The van der Waals surface area contributed by atoms with Gasteiger partial charge in [-0.2, -0.15) is 0 Å². The molecule has 0 amide bonds. The first kappa shape index (κ1) is 18.6. The minimum absolute atomic E-state index is 0.379. The largest absolute Gasteiger partial charge is 0.462 e.